The number of carbonyl (C=O) groups is 1. The number of rotatable bonds is 6. The zero-order chi connectivity index (χ0) is 23.8. The molecule has 6 rings (SSSR count). The minimum absolute atomic E-state index is 0.249. The Balaban J connectivity index is 1.80. The molecule has 0 saturated carbocycles. The van der Waals surface area contributed by atoms with Gasteiger partial charge in [-0.3, -0.25) is 0 Å². The first kappa shape index (κ1) is 21.1. The van der Waals surface area contributed by atoms with Crippen LogP contribution in [0.4, 0.5) is 0 Å². The van der Waals surface area contributed by atoms with Crippen LogP contribution < -0.4 is 0 Å². The van der Waals surface area contributed by atoms with E-state index >= 15 is 0 Å². The highest BCUT2D eigenvalue weighted by Crippen LogP contribution is 2.38. The first-order valence-electron chi connectivity index (χ1n) is 11.7. The molecule has 0 aliphatic heterocycles. The van der Waals surface area contributed by atoms with Crippen molar-refractivity contribution in [3.8, 4) is 0 Å². The molecule has 2 heterocycles. The number of esters is 1. The Hall–Kier alpha value is -4.45. The van der Waals surface area contributed by atoms with Crippen molar-refractivity contribution in [2.75, 3.05) is 6.61 Å². The predicted molar refractivity (Wildman–Crippen MR) is 137 cm³/mol. The molecule has 172 valence electrons. The van der Waals surface area contributed by atoms with Gasteiger partial charge < -0.3 is 9.30 Å². The molecule has 0 radical (unpaired) electrons. The summed E-state index contributed by atoms with van der Waals surface area (Å²) in [4.78, 5) is 14.3. The van der Waals surface area contributed by atoms with Crippen molar-refractivity contribution in [1.82, 2.24) is 19.6 Å². The number of para-hydroxylation sites is 3. The van der Waals surface area contributed by atoms with E-state index in [1.807, 2.05) is 97.9 Å². The fourth-order valence-electron chi connectivity index (χ4n) is 5.09. The molecule has 2 aromatic heterocycles. The lowest BCUT2D eigenvalue weighted by Gasteiger charge is -2.35. The molecule has 0 fully saturated rings. The van der Waals surface area contributed by atoms with Gasteiger partial charge in [-0.1, -0.05) is 84.1 Å². The Labute approximate surface area is 202 Å². The maximum atomic E-state index is 14.3. The van der Waals surface area contributed by atoms with Crippen LogP contribution in [-0.2, 0) is 21.6 Å². The van der Waals surface area contributed by atoms with E-state index in [1.165, 1.54) is 0 Å². The van der Waals surface area contributed by atoms with E-state index in [1.54, 1.807) is 4.68 Å². The molecule has 0 saturated heterocycles. The van der Waals surface area contributed by atoms with Crippen molar-refractivity contribution in [1.29, 1.82) is 0 Å². The van der Waals surface area contributed by atoms with E-state index < -0.39 is 5.66 Å². The number of hydrogen-bond acceptors (Lipinski definition) is 4. The van der Waals surface area contributed by atoms with Crippen LogP contribution in [0.15, 0.2) is 103 Å². The number of carbonyl (C=O) groups excluding carboxylic acids is 1. The van der Waals surface area contributed by atoms with E-state index in [9.17, 15) is 4.79 Å². The van der Waals surface area contributed by atoms with Crippen LogP contribution in [0.2, 0.25) is 0 Å². The minimum Gasteiger partial charge on any atom is -0.463 e. The molecule has 1 atom stereocenters. The largest absolute Gasteiger partial charge is 0.463 e. The quantitative estimate of drug-likeness (QED) is 0.306. The third-order valence-electron chi connectivity index (χ3n) is 6.55. The molecule has 0 amide bonds. The molecule has 0 spiro atoms. The molecule has 0 aliphatic rings. The maximum absolute atomic E-state index is 14.3. The standard InChI is InChI=1S/C29H24N4O2/c1-2-35-28(34)29(20-21-12-4-3-5-13-21,33-27-19-11-8-16-24(27)30-31-33)32-25-17-9-6-14-22(25)23-15-7-10-18-26(23)32/h3-19H,2,20H2,1H3. The smallest absolute Gasteiger partial charge is 0.355 e. The second-order valence-corrected chi connectivity index (χ2v) is 8.56. The highest BCUT2D eigenvalue weighted by molar-refractivity contribution is 6.09. The van der Waals surface area contributed by atoms with Crippen LogP contribution in [0.3, 0.4) is 0 Å². The Bertz CT molecular complexity index is 1610. The average Bonchev–Trinajstić information content (AvgIpc) is 3.48. The van der Waals surface area contributed by atoms with Crippen LogP contribution >= 0.6 is 0 Å². The van der Waals surface area contributed by atoms with Crippen molar-refractivity contribution in [2.24, 2.45) is 0 Å². The van der Waals surface area contributed by atoms with Crippen molar-refractivity contribution in [2.45, 2.75) is 19.0 Å². The number of fused-ring (bicyclic) bond motifs is 4. The van der Waals surface area contributed by atoms with Crippen LogP contribution in [0.5, 0.6) is 0 Å². The van der Waals surface area contributed by atoms with E-state index in [4.69, 9.17) is 4.74 Å². The molecule has 6 nitrogen and oxygen atoms in total. The number of benzene rings is 4. The minimum atomic E-state index is -1.35. The summed E-state index contributed by atoms with van der Waals surface area (Å²) < 4.78 is 9.65. The first-order chi connectivity index (χ1) is 17.2. The van der Waals surface area contributed by atoms with Gasteiger partial charge in [0.05, 0.1) is 23.2 Å². The molecular formula is C29H24N4O2. The number of nitrogens with zero attached hydrogens (tertiary/aromatic N) is 4. The Morgan fingerprint density at radius 3 is 2.00 bits per heavy atom. The second kappa shape index (κ2) is 8.40. The molecule has 0 aliphatic carbocycles. The molecule has 6 heteroatoms. The molecular weight excluding hydrogens is 436 g/mol. The SMILES string of the molecule is CCOC(=O)C(Cc1ccccc1)(n1nnc2ccccc21)n1c2ccccc2c2ccccc21. The first-order valence-corrected chi connectivity index (χ1v) is 11.7. The number of hydrogen-bond donors (Lipinski definition) is 0. The Kier molecular flexibility index (Phi) is 5.07. The molecule has 0 bridgehead atoms. The normalized spacial score (nSPS) is 13.3. The van der Waals surface area contributed by atoms with Crippen molar-refractivity contribution < 1.29 is 9.53 Å². The maximum Gasteiger partial charge on any atom is 0.355 e. The van der Waals surface area contributed by atoms with Crippen LogP contribution in [0, 0.1) is 0 Å². The zero-order valence-corrected chi connectivity index (χ0v) is 19.3. The van der Waals surface area contributed by atoms with E-state index in [0.29, 0.717) is 6.42 Å². The third kappa shape index (κ3) is 3.21. The fraction of sp³-hybridized carbons (Fsp3) is 0.138. The molecule has 6 aromatic rings. The third-order valence-corrected chi connectivity index (χ3v) is 6.55. The van der Waals surface area contributed by atoms with Gasteiger partial charge in [-0.25, -0.2) is 9.48 Å². The van der Waals surface area contributed by atoms with Gasteiger partial charge in [0, 0.05) is 17.2 Å². The Morgan fingerprint density at radius 2 is 1.34 bits per heavy atom. The highest BCUT2D eigenvalue weighted by atomic mass is 16.5. The predicted octanol–water partition coefficient (Wildman–Crippen LogP) is 5.55. The van der Waals surface area contributed by atoms with Gasteiger partial charge in [0.15, 0.2) is 0 Å². The summed E-state index contributed by atoms with van der Waals surface area (Å²) in [5.74, 6) is -0.383. The number of ether oxygens (including phenoxy) is 1. The molecule has 0 N–H and O–H groups in total. The van der Waals surface area contributed by atoms with Crippen molar-refractivity contribution in [3.63, 3.8) is 0 Å². The molecule has 35 heavy (non-hydrogen) atoms. The Morgan fingerprint density at radius 1 is 0.771 bits per heavy atom. The van der Waals surface area contributed by atoms with Gasteiger partial charge in [-0.05, 0) is 36.8 Å². The number of aromatic nitrogens is 4. The lowest BCUT2D eigenvalue weighted by Crippen LogP contribution is -2.52. The summed E-state index contributed by atoms with van der Waals surface area (Å²) in [6, 6.07) is 34.0. The van der Waals surface area contributed by atoms with Crippen LogP contribution in [0.1, 0.15) is 12.5 Å². The average molecular weight is 461 g/mol. The summed E-state index contributed by atoms with van der Waals surface area (Å²) in [7, 11) is 0. The van der Waals surface area contributed by atoms with E-state index in [2.05, 4.69) is 27.0 Å². The van der Waals surface area contributed by atoms with Gasteiger partial charge in [0.25, 0.3) is 0 Å². The molecule has 4 aromatic carbocycles. The fourth-order valence-corrected chi connectivity index (χ4v) is 5.09. The summed E-state index contributed by atoms with van der Waals surface area (Å²) in [5.41, 5.74) is 2.97. The lowest BCUT2D eigenvalue weighted by atomic mass is 9.97. The van der Waals surface area contributed by atoms with Gasteiger partial charge >= 0.3 is 5.97 Å². The van der Waals surface area contributed by atoms with Crippen molar-refractivity contribution >= 4 is 38.8 Å². The highest BCUT2D eigenvalue weighted by Gasteiger charge is 2.48. The van der Waals surface area contributed by atoms with Gasteiger partial charge in [-0.15, -0.1) is 5.10 Å². The topological polar surface area (TPSA) is 61.9 Å². The summed E-state index contributed by atoms with van der Waals surface area (Å²) in [6.07, 6.45) is 0.336. The lowest BCUT2D eigenvalue weighted by molar-refractivity contribution is -0.156. The second-order valence-electron chi connectivity index (χ2n) is 8.56. The van der Waals surface area contributed by atoms with Gasteiger partial charge in [0.1, 0.15) is 5.52 Å². The van der Waals surface area contributed by atoms with Crippen LogP contribution in [0.25, 0.3) is 32.8 Å². The monoisotopic (exact) mass is 460 g/mol. The summed E-state index contributed by atoms with van der Waals surface area (Å²) in [5, 5.41) is 11.1. The summed E-state index contributed by atoms with van der Waals surface area (Å²) in [6.45, 7) is 2.08. The van der Waals surface area contributed by atoms with E-state index in [0.717, 1.165) is 38.4 Å². The van der Waals surface area contributed by atoms with Gasteiger partial charge in [-0.2, -0.15) is 0 Å². The van der Waals surface area contributed by atoms with Crippen molar-refractivity contribution in [3.05, 3.63) is 109 Å². The zero-order valence-electron chi connectivity index (χ0n) is 19.3. The van der Waals surface area contributed by atoms with E-state index in [-0.39, 0.29) is 12.6 Å². The van der Waals surface area contributed by atoms with Crippen LogP contribution in [-0.4, -0.2) is 32.1 Å². The molecule has 1 unspecified atom stereocenters. The summed E-state index contributed by atoms with van der Waals surface area (Å²) >= 11 is 0. The van der Waals surface area contributed by atoms with Gasteiger partial charge in [0.2, 0.25) is 5.66 Å².